The summed E-state index contributed by atoms with van der Waals surface area (Å²) < 4.78 is 20.4. The Morgan fingerprint density at radius 3 is 2.68 bits per heavy atom. The molecule has 0 saturated carbocycles. The number of ether oxygens (including phenoxy) is 1. The third-order valence-electron chi connectivity index (χ3n) is 4.55. The standard InChI is InChI=1S/C20H32BrFN4O.HI/c1-4-23-20(24-14-16-5-6-17(21)13-19(16)22)25-18-7-9-26(10-8-18)11-12-27-15(2)3;/h5-6,13,15,18H,4,7-12,14H2,1-3H3,(H2,23,24,25);1H. The Labute approximate surface area is 194 Å². The van der Waals surface area contributed by atoms with E-state index in [1.807, 2.05) is 13.0 Å². The van der Waals surface area contributed by atoms with E-state index in [9.17, 15) is 4.39 Å². The van der Waals surface area contributed by atoms with Crippen molar-refractivity contribution in [3.8, 4) is 0 Å². The van der Waals surface area contributed by atoms with Gasteiger partial charge in [-0.1, -0.05) is 22.0 Å². The Morgan fingerprint density at radius 1 is 1.36 bits per heavy atom. The van der Waals surface area contributed by atoms with Crippen LogP contribution in [0, 0.1) is 5.82 Å². The molecule has 1 aromatic rings. The molecule has 1 fully saturated rings. The fraction of sp³-hybridized carbons (Fsp3) is 0.650. The highest BCUT2D eigenvalue weighted by atomic mass is 127. The number of hydrogen-bond acceptors (Lipinski definition) is 3. The molecule has 0 aromatic heterocycles. The normalized spacial score (nSPS) is 16.1. The maximum absolute atomic E-state index is 14.0. The number of aliphatic imine (C=N–C) groups is 1. The molecular formula is C20H33BrFIN4O. The minimum absolute atomic E-state index is 0. The third kappa shape index (κ3) is 9.37. The molecule has 28 heavy (non-hydrogen) atoms. The van der Waals surface area contributed by atoms with Crippen molar-refractivity contribution < 1.29 is 9.13 Å². The van der Waals surface area contributed by atoms with E-state index in [4.69, 9.17) is 4.74 Å². The first kappa shape index (κ1) is 25.6. The van der Waals surface area contributed by atoms with E-state index in [1.54, 1.807) is 6.07 Å². The fourth-order valence-corrected chi connectivity index (χ4v) is 3.38. The molecule has 0 unspecified atom stereocenters. The number of nitrogens with zero attached hydrogens (tertiary/aromatic N) is 2. The maximum Gasteiger partial charge on any atom is 0.191 e. The van der Waals surface area contributed by atoms with E-state index < -0.39 is 0 Å². The summed E-state index contributed by atoms with van der Waals surface area (Å²) in [6.45, 7) is 11.2. The number of rotatable bonds is 8. The lowest BCUT2D eigenvalue weighted by atomic mass is 10.1. The first-order valence-corrected chi connectivity index (χ1v) is 10.6. The van der Waals surface area contributed by atoms with Gasteiger partial charge in [-0.2, -0.15) is 0 Å². The summed E-state index contributed by atoms with van der Waals surface area (Å²) in [6.07, 6.45) is 2.43. The summed E-state index contributed by atoms with van der Waals surface area (Å²) >= 11 is 3.28. The van der Waals surface area contributed by atoms with Crippen LogP contribution in [0.1, 0.15) is 39.2 Å². The van der Waals surface area contributed by atoms with E-state index in [2.05, 4.69) is 50.3 Å². The van der Waals surface area contributed by atoms with Crippen LogP contribution in [0.3, 0.4) is 0 Å². The predicted molar refractivity (Wildman–Crippen MR) is 128 cm³/mol. The van der Waals surface area contributed by atoms with Crippen molar-refractivity contribution in [1.82, 2.24) is 15.5 Å². The topological polar surface area (TPSA) is 48.9 Å². The molecule has 1 aliphatic rings. The number of nitrogens with one attached hydrogen (secondary N) is 2. The van der Waals surface area contributed by atoms with Gasteiger partial charge in [0.15, 0.2) is 5.96 Å². The SMILES string of the molecule is CCNC(=NCc1ccc(Br)cc1F)NC1CCN(CCOC(C)C)CC1.I. The zero-order valence-electron chi connectivity index (χ0n) is 17.0. The summed E-state index contributed by atoms with van der Waals surface area (Å²) in [5.74, 6) is 0.516. The molecule has 1 aliphatic heterocycles. The number of halogens is 3. The van der Waals surface area contributed by atoms with Crippen LogP contribution in [0.25, 0.3) is 0 Å². The monoisotopic (exact) mass is 570 g/mol. The Bertz CT molecular complexity index is 610. The Morgan fingerprint density at radius 2 is 2.07 bits per heavy atom. The van der Waals surface area contributed by atoms with E-state index in [-0.39, 0.29) is 29.8 Å². The highest BCUT2D eigenvalue weighted by molar-refractivity contribution is 14.0. The van der Waals surface area contributed by atoms with E-state index >= 15 is 0 Å². The number of piperidine rings is 1. The molecule has 0 amide bonds. The molecule has 1 aromatic carbocycles. The molecule has 5 nitrogen and oxygen atoms in total. The van der Waals surface area contributed by atoms with Gasteiger partial charge in [0.2, 0.25) is 0 Å². The van der Waals surface area contributed by atoms with Crippen molar-refractivity contribution in [2.75, 3.05) is 32.8 Å². The third-order valence-corrected chi connectivity index (χ3v) is 5.05. The van der Waals surface area contributed by atoms with Crippen LogP contribution < -0.4 is 10.6 Å². The minimum atomic E-state index is -0.235. The van der Waals surface area contributed by atoms with Gasteiger partial charge in [-0.05, 0) is 45.7 Å². The lowest BCUT2D eigenvalue weighted by Gasteiger charge is -2.33. The van der Waals surface area contributed by atoms with Gasteiger partial charge in [0, 0.05) is 42.3 Å². The van der Waals surface area contributed by atoms with Crippen LogP contribution in [0.5, 0.6) is 0 Å². The molecule has 8 heteroatoms. The number of hydrogen-bond donors (Lipinski definition) is 2. The average molecular weight is 571 g/mol. The molecule has 0 atom stereocenters. The van der Waals surface area contributed by atoms with Crippen molar-refractivity contribution in [2.24, 2.45) is 4.99 Å². The van der Waals surface area contributed by atoms with Gasteiger partial charge >= 0.3 is 0 Å². The lowest BCUT2D eigenvalue weighted by molar-refractivity contribution is 0.0532. The quantitative estimate of drug-likeness (QED) is 0.280. The van der Waals surface area contributed by atoms with Crippen molar-refractivity contribution in [3.63, 3.8) is 0 Å². The Kier molecular flexibility index (Phi) is 12.5. The first-order valence-electron chi connectivity index (χ1n) is 9.80. The Hall–Kier alpha value is -0.450. The molecule has 0 aliphatic carbocycles. The number of benzene rings is 1. The predicted octanol–water partition coefficient (Wildman–Crippen LogP) is 4.15. The van der Waals surface area contributed by atoms with Gasteiger partial charge in [-0.25, -0.2) is 9.38 Å². The maximum atomic E-state index is 14.0. The molecule has 0 radical (unpaired) electrons. The molecule has 0 spiro atoms. The van der Waals surface area contributed by atoms with Crippen LogP contribution in [-0.2, 0) is 11.3 Å². The van der Waals surface area contributed by atoms with Crippen molar-refractivity contribution in [3.05, 3.63) is 34.1 Å². The zero-order valence-corrected chi connectivity index (χ0v) is 20.9. The van der Waals surface area contributed by atoms with Crippen LogP contribution in [0.4, 0.5) is 4.39 Å². The van der Waals surface area contributed by atoms with E-state index in [0.29, 0.717) is 24.3 Å². The molecule has 160 valence electrons. The number of guanidine groups is 1. The Balaban J connectivity index is 0.00000392. The molecule has 1 heterocycles. The van der Waals surface area contributed by atoms with Crippen LogP contribution >= 0.6 is 39.9 Å². The van der Waals surface area contributed by atoms with Crippen LogP contribution in [0.2, 0.25) is 0 Å². The van der Waals surface area contributed by atoms with Gasteiger partial charge in [-0.15, -0.1) is 24.0 Å². The summed E-state index contributed by atoms with van der Waals surface area (Å²) in [5, 5.41) is 6.76. The lowest BCUT2D eigenvalue weighted by Crippen LogP contribution is -2.49. The van der Waals surface area contributed by atoms with Crippen LogP contribution in [-0.4, -0.2) is 55.8 Å². The summed E-state index contributed by atoms with van der Waals surface area (Å²) in [6, 6.07) is 5.47. The average Bonchev–Trinajstić information content (AvgIpc) is 2.62. The summed E-state index contributed by atoms with van der Waals surface area (Å²) in [7, 11) is 0. The second-order valence-corrected chi connectivity index (χ2v) is 8.03. The molecule has 2 N–H and O–H groups in total. The van der Waals surface area contributed by atoms with Gasteiger partial charge in [-0.3, -0.25) is 0 Å². The van der Waals surface area contributed by atoms with E-state index in [0.717, 1.165) is 56.1 Å². The van der Waals surface area contributed by atoms with Crippen molar-refractivity contribution >= 4 is 45.9 Å². The van der Waals surface area contributed by atoms with Gasteiger partial charge < -0.3 is 20.3 Å². The molecule has 2 rings (SSSR count). The van der Waals surface area contributed by atoms with E-state index in [1.165, 1.54) is 6.07 Å². The van der Waals surface area contributed by atoms with Gasteiger partial charge in [0.25, 0.3) is 0 Å². The second-order valence-electron chi connectivity index (χ2n) is 7.11. The molecular weight excluding hydrogens is 538 g/mol. The smallest absolute Gasteiger partial charge is 0.191 e. The number of likely N-dealkylation sites (tertiary alicyclic amines) is 1. The van der Waals surface area contributed by atoms with Crippen molar-refractivity contribution in [1.29, 1.82) is 0 Å². The van der Waals surface area contributed by atoms with Crippen LogP contribution in [0.15, 0.2) is 27.7 Å². The van der Waals surface area contributed by atoms with Gasteiger partial charge in [0.1, 0.15) is 5.82 Å². The molecule has 0 bridgehead atoms. The summed E-state index contributed by atoms with van der Waals surface area (Å²) in [5.41, 5.74) is 0.593. The second kappa shape index (κ2) is 13.7. The first-order chi connectivity index (χ1) is 13.0. The highest BCUT2D eigenvalue weighted by Crippen LogP contribution is 2.16. The zero-order chi connectivity index (χ0) is 19.6. The fourth-order valence-electron chi connectivity index (χ4n) is 3.05. The minimum Gasteiger partial charge on any atom is -0.377 e. The van der Waals surface area contributed by atoms with Gasteiger partial charge in [0.05, 0.1) is 19.3 Å². The highest BCUT2D eigenvalue weighted by Gasteiger charge is 2.19. The molecule has 1 saturated heterocycles. The van der Waals surface area contributed by atoms with Crippen molar-refractivity contribution in [2.45, 2.75) is 52.3 Å². The summed E-state index contributed by atoms with van der Waals surface area (Å²) in [4.78, 5) is 7.01. The largest absolute Gasteiger partial charge is 0.377 e.